The van der Waals surface area contributed by atoms with Crippen molar-refractivity contribution in [3.63, 3.8) is 0 Å². The molecule has 0 bridgehead atoms. The number of benzene rings is 1. The fraction of sp³-hybridized carbons (Fsp3) is 0.524. The molecule has 2 rings (SSSR count). The van der Waals surface area contributed by atoms with E-state index < -0.39 is 11.6 Å². The number of ether oxygens (including phenoxy) is 1. The third-order valence-corrected chi connectivity index (χ3v) is 4.00. The molecule has 0 atom stereocenters. The maximum atomic E-state index is 12.7. The Balaban J connectivity index is 2.46. The van der Waals surface area contributed by atoms with Crippen LogP contribution in [0.5, 0.6) is 0 Å². The lowest BCUT2D eigenvalue weighted by Crippen LogP contribution is -2.36. The maximum absolute atomic E-state index is 12.7. The highest BCUT2D eigenvalue weighted by Gasteiger charge is 2.30. The molecule has 0 aliphatic carbocycles. The van der Waals surface area contributed by atoms with E-state index in [-0.39, 0.29) is 11.3 Å². The number of hydrogen-bond donors (Lipinski definition) is 0. The third kappa shape index (κ3) is 4.94. The minimum Gasteiger partial charge on any atom is -0.457 e. The van der Waals surface area contributed by atoms with Crippen molar-refractivity contribution >= 4 is 17.6 Å². The van der Waals surface area contributed by atoms with Crippen LogP contribution in [0.2, 0.25) is 0 Å². The van der Waals surface area contributed by atoms with Crippen molar-refractivity contribution in [1.82, 2.24) is 0 Å². The molecule has 25 heavy (non-hydrogen) atoms. The summed E-state index contributed by atoms with van der Waals surface area (Å²) in [6, 6.07) is 7.91. The standard InChI is InChI=1S/C21H29NO3/c1-20(2,3)16-11-7-8-12-17(16)22-15(10-9-13-18(22)23)14-19(24)25-21(4,5)6/h7-8,11-12,14H,9-10,13H2,1-6H3/b15-14+. The van der Waals surface area contributed by atoms with Crippen LogP contribution in [-0.4, -0.2) is 17.5 Å². The number of hydrogen-bond acceptors (Lipinski definition) is 3. The fourth-order valence-electron chi connectivity index (χ4n) is 3.00. The number of nitrogens with zero attached hydrogens (tertiary/aromatic N) is 1. The van der Waals surface area contributed by atoms with Crippen molar-refractivity contribution in [2.45, 2.75) is 71.8 Å². The maximum Gasteiger partial charge on any atom is 0.333 e. The van der Waals surface area contributed by atoms with Gasteiger partial charge in [-0.3, -0.25) is 9.69 Å². The Morgan fingerprint density at radius 2 is 1.72 bits per heavy atom. The summed E-state index contributed by atoms with van der Waals surface area (Å²) in [6.07, 6.45) is 3.40. The second-order valence-electron chi connectivity index (χ2n) is 8.52. The summed E-state index contributed by atoms with van der Waals surface area (Å²) in [7, 11) is 0. The third-order valence-electron chi connectivity index (χ3n) is 4.00. The molecule has 0 aromatic heterocycles. The normalized spacial score (nSPS) is 17.8. The van der Waals surface area contributed by atoms with Crippen LogP contribution < -0.4 is 4.90 Å². The van der Waals surface area contributed by atoms with Gasteiger partial charge in [-0.25, -0.2) is 4.79 Å². The summed E-state index contributed by atoms with van der Waals surface area (Å²) in [5, 5.41) is 0. The molecule has 1 aliphatic heterocycles. The van der Waals surface area contributed by atoms with Gasteiger partial charge in [0.25, 0.3) is 0 Å². The monoisotopic (exact) mass is 343 g/mol. The number of piperidine rings is 1. The Bertz CT molecular complexity index is 690. The minimum atomic E-state index is -0.555. The molecule has 0 radical (unpaired) electrons. The first kappa shape index (κ1) is 19.2. The van der Waals surface area contributed by atoms with Crippen molar-refractivity contribution in [3.8, 4) is 0 Å². The number of allylic oxidation sites excluding steroid dienone is 1. The van der Waals surface area contributed by atoms with E-state index in [0.29, 0.717) is 18.5 Å². The second kappa shape index (κ2) is 7.03. The lowest BCUT2D eigenvalue weighted by atomic mass is 9.85. The van der Waals surface area contributed by atoms with E-state index in [1.807, 2.05) is 45.0 Å². The van der Waals surface area contributed by atoms with Gasteiger partial charge in [0, 0.05) is 18.2 Å². The van der Waals surface area contributed by atoms with Gasteiger partial charge < -0.3 is 4.74 Å². The molecule has 0 saturated carbocycles. The van der Waals surface area contributed by atoms with Gasteiger partial charge in [-0.2, -0.15) is 0 Å². The molecule has 1 aromatic rings. The van der Waals surface area contributed by atoms with Crippen LogP contribution in [0.1, 0.15) is 66.4 Å². The van der Waals surface area contributed by atoms with Gasteiger partial charge in [0.2, 0.25) is 5.91 Å². The summed E-state index contributed by atoms with van der Waals surface area (Å²) in [5.74, 6) is -0.381. The summed E-state index contributed by atoms with van der Waals surface area (Å²) < 4.78 is 5.40. The molecule has 1 saturated heterocycles. The molecule has 4 nitrogen and oxygen atoms in total. The molecule has 0 spiro atoms. The van der Waals surface area contributed by atoms with E-state index in [4.69, 9.17) is 4.74 Å². The van der Waals surface area contributed by atoms with Crippen LogP contribution in [0, 0.1) is 0 Å². The highest BCUT2D eigenvalue weighted by Crippen LogP contribution is 2.36. The van der Waals surface area contributed by atoms with Gasteiger partial charge >= 0.3 is 5.97 Å². The van der Waals surface area contributed by atoms with Gasteiger partial charge in [0.15, 0.2) is 0 Å². The molecule has 0 N–H and O–H groups in total. The molecule has 1 heterocycles. The van der Waals surface area contributed by atoms with Crippen molar-refractivity contribution in [2.24, 2.45) is 0 Å². The van der Waals surface area contributed by atoms with Crippen LogP contribution in [0.3, 0.4) is 0 Å². The average Bonchev–Trinajstić information content (AvgIpc) is 2.44. The molecule has 1 fully saturated rings. The second-order valence-corrected chi connectivity index (χ2v) is 8.52. The number of para-hydroxylation sites is 1. The molecule has 1 aliphatic rings. The Labute approximate surface area is 150 Å². The molecule has 1 amide bonds. The van der Waals surface area contributed by atoms with Crippen molar-refractivity contribution in [2.75, 3.05) is 4.90 Å². The summed E-state index contributed by atoms with van der Waals surface area (Å²) >= 11 is 0. The topological polar surface area (TPSA) is 46.6 Å². The zero-order valence-corrected chi connectivity index (χ0v) is 16.2. The van der Waals surface area contributed by atoms with E-state index in [0.717, 1.165) is 17.7 Å². The van der Waals surface area contributed by atoms with Gasteiger partial charge in [-0.15, -0.1) is 0 Å². The smallest absolute Gasteiger partial charge is 0.333 e. The first-order valence-corrected chi connectivity index (χ1v) is 8.85. The van der Waals surface area contributed by atoms with Gasteiger partial charge in [-0.05, 0) is 50.7 Å². The largest absolute Gasteiger partial charge is 0.457 e. The van der Waals surface area contributed by atoms with E-state index in [1.165, 1.54) is 6.08 Å². The van der Waals surface area contributed by atoms with E-state index in [9.17, 15) is 9.59 Å². The van der Waals surface area contributed by atoms with Gasteiger partial charge in [0.1, 0.15) is 5.60 Å². The van der Waals surface area contributed by atoms with Crippen LogP contribution in [0.15, 0.2) is 36.0 Å². The summed E-state index contributed by atoms with van der Waals surface area (Å²) in [4.78, 5) is 26.6. The molecular weight excluding hydrogens is 314 g/mol. The number of carbonyl (C=O) groups is 2. The number of amides is 1. The quantitative estimate of drug-likeness (QED) is 0.576. The van der Waals surface area contributed by atoms with Crippen molar-refractivity contribution in [1.29, 1.82) is 0 Å². The SMILES string of the molecule is CC(C)(C)OC(=O)/C=C1\CCCC(=O)N1c1ccccc1C(C)(C)C. The number of esters is 1. The Hall–Kier alpha value is -2.10. The molecule has 1 aromatic carbocycles. The summed E-state index contributed by atoms with van der Waals surface area (Å²) in [5.41, 5.74) is 1.99. The predicted octanol–water partition coefficient (Wildman–Crippen LogP) is 4.73. The Morgan fingerprint density at radius 1 is 1.08 bits per heavy atom. The number of anilines is 1. The Kier molecular flexibility index (Phi) is 5.40. The lowest BCUT2D eigenvalue weighted by molar-refractivity contribution is -0.148. The van der Waals surface area contributed by atoms with Crippen LogP contribution in [0.4, 0.5) is 5.69 Å². The minimum absolute atomic E-state index is 0.0257. The van der Waals surface area contributed by atoms with Crippen LogP contribution in [0.25, 0.3) is 0 Å². The zero-order chi connectivity index (χ0) is 18.8. The fourth-order valence-corrected chi connectivity index (χ4v) is 3.00. The first-order valence-electron chi connectivity index (χ1n) is 8.85. The van der Waals surface area contributed by atoms with Crippen LogP contribution in [-0.2, 0) is 19.7 Å². The lowest BCUT2D eigenvalue weighted by Gasteiger charge is -2.34. The molecule has 0 unspecified atom stereocenters. The predicted molar refractivity (Wildman–Crippen MR) is 100 cm³/mol. The number of carbonyl (C=O) groups excluding carboxylic acids is 2. The van der Waals surface area contributed by atoms with Crippen molar-refractivity contribution < 1.29 is 14.3 Å². The highest BCUT2D eigenvalue weighted by atomic mass is 16.6. The Morgan fingerprint density at radius 3 is 2.32 bits per heavy atom. The van der Waals surface area contributed by atoms with E-state index >= 15 is 0 Å². The summed E-state index contributed by atoms with van der Waals surface area (Å²) in [6.45, 7) is 11.9. The van der Waals surface area contributed by atoms with Crippen molar-refractivity contribution in [3.05, 3.63) is 41.6 Å². The average molecular weight is 343 g/mol. The number of rotatable bonds is 2. The molecule has 136 valence electrons. The van der Waals surface area contributed by atoms with E-state index in [2.05, 4.69) is 20.8 Å². The van der Waals surface area contributed by atoms with Gasteiger partial charge in [-0.1, -0.05) is 39.0 Å². The first-order chi connectivity index (χ1) is 11.5. The van der Waals surface area contributed by atoms with Crippen LogP contribution >= 0.6 is 0 Å². The van der Waals surface area contributed by atoms with Gasteiger partial charge in [0.05, 0.1) is 5.69 Å². The molecule has 4 heteroatoms. The van der Waals surface area contributed by atoms with E-state index in [1.54, 1.807) is 4.90 Å². The zero-order valence-electron chi connectivity index (χ0n) is 16.2. The highest BCUT2D eigenvalue weighted by molar-refractivity contribution is 6.00. The molecular formula is C21H29NO3.